The fourth-order valence-electron chi connectivity index (χ4n) is 3.32. The zero-order valence-corrected chi connectivity index (χ0v) is 19.7. The number of aromatic amines is 1. The van der Waals surface area contributed by atoms with Gasteiger partial charge >= 0.3 is 0 Å². The number of hydrogen-bond donors (Lipinski definition) is 1. The zero-order chi connectivity index (χ0) is 22.6. The van der Waals surface area contributed by atoms with Gasteiger partial charge in [-0.2, -0.15) is 9.78 Å². The molecule has 0 bridgehead atoms. The highest BCUT2D eigenvalue weighted by atomic mass is 32.1. The lowest BCUT2D eigenvalue weighted by Crippen LogP contribution is -2.02. The van der Waals surface area contributed by atoms with Crippen LogP contribution in [0.3, 0.4) is 0 Å². The molecule has 0 amide bonds. The predicted octanol–water partition coefficient (Wildman–Crippen LogP) is 6.61. The Morgan fingerprint density at radius 2 is 1.88 bits per heavy atom. The van der Waals surface area contributed by atoms with Gasteiger partial charge in [0.2, 0.25) is 10.6 Å². The molecule has 0 aliphatic carbocycles. The third-order valence-corrected chi connectivity index (χ3v) is 5.25. The largest absolute Gasteiger partial charge is 0.490 e. The molecule has 8 heteroatoms. The quantitative estimate of drug-likeness (QED) is 0.168. The maximum atomic E-state index is 5.99. The molecule has 0 atom stereocenters. The smallest absolute Gasteiger partial charge is 0.219 e. The van der Waals surface area contributed by atoms with Crippen LogP contribution in [0.2, 0.25) is 0 Å². The monoisotopic (exact) mass is 456 g/mol. The number of ether oxygens (including phenoxy) is 2. The van der Waals surface area contributed by atoms with E-state index in [0.717, 1.165) is 17.7 Å². The number of rotatable bonds is 14. The highest BCUT2D eigenvalue weighted by Crippen LogP contribution is 2.28. The standard InChI is InChI=1S/C24H32N4O3S/c1-3-5-6-7-8-9-10-15-30-20-14-13-19(17-22(20)29-4-2)18-25-28-23(26-27-24(28)32)21-12-11-16-31-21/h11-14,16-18H,3-10,15H2,1-2H3,(H,27,32)/b25-18-. The Morgan fingerprint density at radius 1 is 1.06 bits per heavy atom. The summed E-state index contributed by atoms with van der Waals surface area (Å²) in [5.74, 6) is 2.56. The molecule has 0 saturated heterocycles. The van der Waals surface area contributed by atoms with E-state index in [0.29, 0.717) is 35.3 Å². The molecule has 0 spiro atoms. The summed E-state index contributed by atoms with van der Waals surface area (Å²) in [6, 6.07) is 9.39. The molecule has 0 radical (unpaired) electrons. The molecular formula is C24H32N4O3S. The summed E-state index contributed by atoms with van der Waals surface area (Å²) in [5.41, 5.74) is 0.866. The fourth-order valence-corrected chi connectivity index (χ4v) is 3.50. The summed E-state index contributed by atoms with van der Waals surface area (Å²) < 4.78 is 19.1. The molecule has 0 aliphatic heterocycles. The predicted molar refractivity (Wildman–Crippen MR) is 129 cm³/mol. The van der Waals surface area contributed by atoms with E-state index in [2.05, 4.69) is 22.2 Å². The van der Waals surface area contributed by atoms with Crippen LogP contribution in [-0.2, 0) is 0 Å². The van der Waals surface area contributed by atoms with E-state index < -0.39 is 0 Å². The average molecular weight is 457 g/mol. The minimum atomic E-state index is 0.382. The van der Waals surface area contributed by atoms with Crippen molar-refractivity contribution in [3.63, 3.8) is 0 Å². The molecule has 0 fully saturated rings. The molecule has 2 heterocycles. The summed E-state index contributed by atoms with van der Waals surface area (Å²) in [6.45, 7) is 5.45. The van der Waals surface area contributed by atoms with Gasteiger partial charge in [0.15, 0.2) is 17.3 Å². The van der Waals surface area contributed by atoms with Crippen molar-refractivity contribution in [3.8, 4) is 23.1 Å². The highest BCUT2D eigenvalue weighted by molar-refractivity contribution is 7.71. The lowest BCUT2D eigenvalue weighted by Gasteiger charge is -2.12. The molecule has 7 nitrogen and oxygen atoms in total. The van der Waals surface area contributed by atoms with Crippen LogP contribution < -0.4 is 9.47 Å². The van der Waals surface area contributed by atoms with Gasteiger partial charge in [0.25, 0.3) is 0 Å². The van der Waals surface area contributed by atoms with E-state index in [1.54, 1.807) is 18.5 Å². The molecule has 32 heavy (non-hydrogen) atoms. The van der Waals surface area contributed by atoms with Gasteiger partial charge in [0.1, 0.15) is 0 Å². The van der Waals surface area contributed by atoms with Crippen molar-refractivity contribution in [2.75, 3.05) is 13.2 Å². The lowest BCUT2D eigenvalue weighted by atomic mass is 10.1. The normalized spacial score (nSPS) is 11.3. The van der Waals surface area contributed by atoms with Crippen LogP contribution in [0.5, 0.6) is 11.5 Å². The van der Waals surface area contributed by atoms with Crippen LogP contribution in [0.25, 0.3) is 11.6 Å². The number of nitrogens with one attached hydrogen (secondary N) is 1. The SMILES string of the molecule is CCCCCCCCCOc1ccc(/C=N\n2c(-c3ccco3)n[nH]c2=S)cc1OCC. The van der Waals surface area contributed by atoms with Crippen LogP contribution in [0.15, 0.2) is 46.1 Å². The topological polar surface area (TPSA) is 77.6 Å². The molecular weight excluding hydrogens is 424 g/mol. The Kier molecular flexibility index (Phi) is 9.56. The molecule has 3 rings (SSSR count). The summed E-state index contributed by atoms with van der Waals surface area (Å²) in [4.78, 5) is 0. The first-order valence-corrected chi connectivity index (χ1v) is 11.8. The Labute approximate surface area is 194 Å². The van der Waals surface area contributed by atoms with Crippen molar-refractivity contribution in [2.45, 2.75) is 58.8 Å². The van der Waals surface area contributed by atoms with Crippen molar-refractivity contribution in [1.29, 1.82) is 0 Å². The first-order valence-electron chi connectivity index (χ1n) is 11.4. The van der Waals surface area contributed by atoms with Crippen LogP contribution >= 0.6 is 12.2 Å². The molecule has 3 aromatic rings. The first kappa shape index (κ1) is 23.8. The van der Waals surface area contributed by atoms with Crippen LogP contribution in [0, 0.1) is 4.77 Å². The second kappa shape index (κ2) is 12.9. The average Bonchev–Trinajstić information content (AvgIpc) is 3.45. The molecule has 0 saturated carbocycles. The molecule has 1 aromatic carbocycles. The van der Waals surface area contributed by atoms with Gasteiger partial charge in [0.05, 0.1) is 25.7 Å². The van der Waals surface area contributed by atoms with E-state index in [9.17, 15) is 0 Å². The molecule has 172 valence electrons. The zero-order valence-electron chi connectivity index (χ0n) is 18.9. The minimum Gasteiger partial charge on any atom is -0.490 e. The van der Waals surface area contributed by atoms with Gasteiger partial charge in [-0.05, 0) is 61.5 Å². The van der Waals surface area contributed by atoms with E-state index in [1.807, 2.05) is 31.2 Å². The van der Waals surface area contributed by atoms with Crippen LogP contribution in [0.1, 0.15) is 64.4 Å². The summed E-state index contributed by atoms with van der Waals surface area (Å²) in [5, 5.41) is 11.4. The highest BCUT2D eigenvalue weighted by Gasteiger charge is 2.11. The number of H-pyrrole nitrogens is 1. The Hall–Kier alpha value is -2.87. The molecule has 2 aromatic heterocycles. The molecule has 0 unspecified atom stereocenters. The summed E-state index contributed by atoms with van der Waals surface area (Å²) >= 11 is 5.29. The van der Waals surface area contributed by atoms with Crippen LogP contribution in [-0.4, -0.2) is 34.3 Å². The van der Waals surface area contributed by atoms with Gasteiger partial charge in [-0.15, -0.1) is 5.10 Å². The Bertz CT molecular complexity index is 1020. The number of hydrogen-bond acceptors (Lipinski definition) is 6. The fraction of sp³-hybridized carbons (Fsp3) is 0.458. The summed E-state index contributed by atoms with van der Waals surface area (Å²) in [6.07, 6.45) is 12.1. The first-order chi connectivity index (χ1) is 15.7. The van der Waals surface area contributed by atoms with E-state index >= 15 is 0 Å². The maximum absolute atomic E-state index is 5.99. The van der Waals surface area contributed by atoms with Gasteiger partial charge in [-0.3, -0.25) is 0 Å². The van der Waals surface area contributed by atoms with Crippen molar-refractivity contribution in [2.24, 2.45) is 5.10 Å². The van der Waals surface area contributed by atoms with Crippen molar-refractivity contribution in [1.82, 2.24) is 14.9 Å². The molecule has 1 N–H and O–H groups in total. The summed E-state index contributed by atoms with van der Waals surface area (Å²) in [7, 11) is 0. The minimum absolute atomic E-state index is 0.382. The van der Waals surface area contributed by atoms with E-state index in [-0.39, 0.29) is 0 Å². The second-order valence-electron chi connectivity index (χ2n) is 7.50. The Balaban J connectivity index is 1.61. The number of nitrogens with zero attached hydrogens (tertiary/aromatic N) is 3. The molecule has 0 aliphatic rings. The second-order valence-corrected chi connectivity index (χ2v) is 7.88. The van der Waals surface area contributed by atoms with Gasteiger partial charge in [0, 0.05) is 0 Å². The van der Waals surface area contributed by atoms with Gasteiger partial charge < -0.3 is 13.9 Å². The van der Waals surface area contributed by atoms with E-state index in [4.69, 9.17) is 26.1 Å². The lowest BCUT2D eigenvalue weighted by molar-refractivity contribution is 0.270. The van der Waals surface area contributed by atoms with Gasteiger partial charge in [-0.25, -0.2) is 5.10 Å². The third-order valence-electron chi connectivity index (χ3n) is 4.99. The number of aromatic nitrogens is 3. The maximum Gasteiger partial charge on any atom is 0.219 e. The number of furan rings is 1. The van der Waals surface area contributed by atoms with Crippen molar-refractivity contribution in [3.05, 3.63) is 46.9 Å². The third kappa shape index (κ3) is 6.82. The van der Waals surface area contributed by atoms with Gasteiger partial charge in [-0.1, -0.05) is 45.4 Å². The van der Waals surface area contributed by atoms with E-state index in [1.165, 1.54) is 43.2 Å². The Morgan fingerprint density at radius 3 is 2.62 bits per heavy atom. The number of benzene rings is 1. The van der Waals surface area contributed by atoms with Crippen LogP contribution in [0.4, 0.5) is 0 Å². The van der Waals surface area contributed by atoms with Crippen molar-refractivity contribution >= 4 is 18.4 Å². The number of unbranched alkanes of at least 4 members (excludes halogenated alkanes) is 6. The van der Waals surface area contributed by atoms with Crippen molar-refractivity contribution < 1.29 is 13.9 Å².